The van der Waals surface area contributed by atoms with Gasteiger partial charge in [-0.1, -0.05) is 12.1 Å². The van der Waals surface area contributed by atoms with Crippen LogP contribution in [0.1, 0.15) is 23.6 Å². The van der Waals surface area contributed by atoms with Crippen molar-refractivity contribution in [2.45, 2.75) is 26.7 Å². The molecule has 0 saturated heterocycles. The summed E-state index contributed by atoms with van der Waals surface area (Å²) in [6, 6.07) is 11.2. The highest BCUT2D eigenvalue weighted by atomic mass is 19.1. The lowest BCUT2D eigenvalue weighted by Crippen LogP contribution is -2.15. The van der Waals surface area contributed by atoms with Gasteiger partial charge in [-0.25, -0.2) is 22.4 Å². The predicted octanol–water partition coefficient (Wildman–Crippen LogP) is 5.95. The second-order valence-electron chi connectivity index (χ2n) is 7.21. The topological polar surface area (TPSA) is 35.5 Å². The van der Waals surface area contributed by atoms with Crippen LogP contribution in [0.2, 0.25) is 0 Å². The van der Waals surface area contributed by atoms with Gasteiger partial charge in [-0.3, -0.25) is 0 Å². The maximum Gasteiger partial charge on any atom is 0.344 e. The first-order chi connectivity index (χ1) is 15.3. The van der Waals surface area contributed by atoms with E-state index in [4.69, 9.17) is 9.47 Å². The van der Waals surface area contributed by atoms with Crippen LogP contribution in [0.25, 0.3) is 11.1 Å². The number of hydrogen-bond acceptors (Lipinski definition) is 3. The molecule has 0 fully saturated rings. The van der Waals surface area contributed by atoms with Crippen LogP contribution >= 0.6 is 0 Å². The summed E-state index contributed by atoms with van der Waals surface area (Å²) < 4.78 is 67.2. The van der Waals surface area contributed by atoms with Crippen molar-refractivity contribution in [1.82, 2.24) is 0 Å². The van der Waals surface area contributed by atoms with Gasteiger partial charge in [0.1, 0.15) is 17.5 Å². The maximum atomic E-state index is 14.8. The number of rotatable bonds is 8. The third-order valence-corrected chi connectivity index (χ3v) is 4.93. The Morgan fingerprint density at radius 3 is 2.41 bits per heavy atom. The fourth-order valence-corrected chi connectivity index (χ4v) is 3.38. The van der Waals surface area contributed by atoms with Gasteiger partial charge in [-0.2, -0.15) is 0 Å². The first-order valence-corrected chi connectivity index (χ1v) is 10.1. The minimum Gasteiger partial charge on any atom is -0.479 e. The number of ether oxygens (including phenoxy) is 2. The summed E-state index contributed by atoms with van der Waals surface area (Å²) in [6.45, 7) is 2.84. The van der Waals surface area contributed by atoms with E-state index in [9.17, 15) is 22.4 Å². The van der Waals surface area contributed by atoms with Crippen LogP contribution in [0.4, 0.5) is 17.6 Å². The molecule has 0 aromatic heterocycles. The Labute approximate surface area is 183 Å². The summed E-state index contributed by atoms with van der Waals surface area (Å²) in [6.07, 6.45) is -0.137. The van der Waals surface area contributed by atoms with Crippen LogP contribution in [-0.2, 0) is 22.4 Å². The van der Waals surface area contributed by atoms with Crippen molar-refractivity contribution in [2.75, 3.05) is 13.2 Å². The van der Waals surface area contributed by atoms with Crippen LogP contribution in [0.15, 0.2) is 48.5 Å². The van der Waals surface area contributed by atoms with E-state index in [2.05, 4.69) is 0 Å². The van der Waals surface area contributed by atoms with Crippen molar-refractivity contribution in [3.8, 4) is 16.9 Å². The zero-order chi connectivity index (χ0) is 23.3. The first kappa shape index (κ1) is 23.3. The summed E-state index contributed by atoms with van der Waals surface area (Å²) >= 11 is 0. The van der Waals surface area contributed by atoms with Crippen LogP contribution < -0.4 is 4.74 Å². The highest BCUT2D eigenvalue weighted by Crippen LogP contribution is 2.28. The van der Waals surface area contributed by atoms with Gasteiger partial charge < -0.3 is 9.47 Å². The molecule has 0 aliphatic carbocycles. The van der Waals surface area contributed by atoms with Gasteiger partial charge in [0.15, 0.2) is 18.2 Å². The van der Waals surface area contributed by atoms with Gasteiger partial charge in [0, 0.05) is 5.56 Å². The summed E-state index contributed by atoms with van der Waals surface area (Å²) in [5.74, 6) is -3.63. The summed E-state index contributed by atoms with van der Waals surface area (Å²) in [7, 11) is 0. The van der Waals surface area contributed by atoms with E-state index >= 15 is 0 Å². The van der Waals surface area contributed by atoms with Crippen LogP contribution in [-0.4, -0.2) is 19.2 Å². The van der Waals surface area contributed by atoms with E-state index in [1.165, 1.54) is 12.1 Å². The Balaban J connectivity index is 1.83. The Kier molecular flexibility index (Phi) is 7.51. The third kappa shape index (κ3) is 5.46. The van der Waals surface area contributed by atoms with Crippen LogP contribution in [0.3, 0.4) is 0 Å². The molecule has 0 amide bonds. The number of carbonyl (C=O) groups excluding carboxylic acids is 1. The number of benzene rings is 3. The number of esters is 1. The lowest BCUT2D eigenvalue weighted by molar-refractivity contribution is -0.145. The maximum absolute atomic E-state index is 14.8. The standard InChI is InChI=1S/C25H22F4O3/c1-3-31-23(30)14-32-22-10-9-21(27)20(25(22)29)8-7-17-12-18(11-15(2)24(17)28)16-5-4-6-19(26)13-16/h4-6,9-13H,3,7-8,14H2,1-2H3. The molecule has 168 valence electrons. The van der Waals surface area contributed by atoms with Crippen molar-refractivity contribution < 1.29 is 31.8 Å². The molecule has 7 heteroatoms. The lowest BCUT2D eigenvalue weighted by Gasteiger charge is -2.13. The average Bonchev–Trinajstić information content (AvgIpc) is 2.76. The minimum absolute atomic E-state index is 0.00496. The molecule has 0 heterocycles. The fraction of sp³-hybridized carbons (Fsp3) is 0.240. The molecule has 0 bridgehead atoms. The number of hydrogen-bond donors (Lipinski definition) is 0. The molecule has 3 nitrogen and oxygen atoms in total. The largest absolute Gasteiger partial charge is 0.479 e. The van der Waals surface area contributed by atoms with Gasteiger partial charge >= 0.3 is 5.97 Å². The second kappa shape index (κ2) is 10.3. The van der Waals surface area contributed by atoms with E-state index in [1.54, 1.807) is 38.1 Å². The predicted molar refractivity (Wildman–Crippen MR) is 112 cm³/mol. The number of aryl methyl sites for hydroxylation is 2. The molecule has 0 aliphatic rings. The molecule has 32 heavy (non-hydrogen) atoms. The van der Waals surface area contributed by atoms with E-state index in [-0.39, 0.29) is 36.3 Å². The highest BCUT2D eigenvalue weighted by Gasteiger charge is 2.18. The molecule has 0 saturated carbocycles. The molecule has 0 atom stereocenters. The van der Waals surface area contributed by atoms with Crippen molar-refractivity contribution in [1.29, 1.82) is 0 Å². The summed E-state index contributed by atoms with van der Waals surface area (Å²) in [4.78, 5) is 11.4. The fourth-order valence-electron chi connectivity index (χ4n) is 3.38. The molecule has 3 rings (SSSR count). The Morgan fingerprint density at radius 1 is 0.906 bits per heavy atom. The summed E-state index contributed by atoms with van der Waals surface area (Å²) in [5, 5.41) is 0. The number of carbonyl (C=O) groups is 1. The monoisotopic (exact) mass is 446 g/mol. The Hall–Kier alpha value is -3.35. The van der Waals surface area contributed by atoms with Gasteiger partial charge in [-0.15, -0.1) is 0 Å². The van der Waals surface area contributed by atoms with E-state index < -0.39 is 35.8 Å². The molecule has 0 radical (unpaired) electrons. The average molecular weight is 446 g/mol. The third-order valence-electron chi connectivity index (χ3n) is 4.93. The molecular weight excluding hydrogens is 424 g/mol. The second-order valence-corrected chi connectivity index (χ2v) is 7.21. The quantitative estimate of drug-likeness (QED) is 0.317. The molecular formula is C25H22F4O3. The SMILES string of the molecule is CCOC(=O)COc1ccc(F)c(CCc2cc(-c3cccc(F)c3)cc(C)c2F)c1F. The van der Waals surface area contributed by atoms with Gasteiger partial charge in [0.2, 0.25) is 0 Å². The molecule has 3 aromatic rings. The number of halogens is 4. The zero-order valence-electron chi connectivity index (χ0n) is 17.7. The van der Waals surface area contributed by atoms with Gasteiger partial charge in [0.25, 0.3) is 0 Å². The molecule has 0 spiro atoms. The Bertz CT molecular complexity index is 1130. The molecule has 3 aromatic carbocycles. The molecule has 0 unspecified atom stereocenters. The van der Waals surface area contributed by atoms with E-state index in [0.29, 0.717) is 16.7 Å². The molecule has 0 N–H and O–H groups in total. The van der Waals surface area contributed by atoms with Crippen molar-refractivity contribution >= 4 is 5.97 Å². The minimum atomic E-state index is -0.951. The zero-order valence-corrected chi connectivity index (χ0v) is 17.7. The smallest absolute Gasteiger partial charge is 0.344 e. The first-order valence-electron chi connectivity index (χ1n) is 10.1. The van der Waals surface area contributed by atoms with Crippen LogP contribution in [0, 0.1) is 30.2 Å². The summed E-state index contributed by atoms with van der Waals surface area (Å²) in [5.41, 5.74) is 1.49. The normalized spacial score (nSPS) is 10.8. The van der Waals surface area contributed by atoms with Crippen molar-refractivity contribution in [3.63, 3.8) is 0 Å². The Morgan fingerprint density at radius 2 is 1.69 bits per heavy atom. The van der Waals surface area contributed by atoms with Crippen molar-refractivity contribution in [3.05, 3.63) is 88.5 Å². The van der Waals surface area contributed by atoms with E-state index in [0.717, 1.165) is 12.1 Å². The van der Waals surface area contributed by atoms with Crippen LogP contribution in [0.5, 0.6) is 5.75 Å². The lowest BCUT2D eigenvalue weighted by atomic mass is 9.96. The highest BCUT2D eigenvalue weighted by molar-refractivity contribution is 5.71. The molecule has 0 aliphatic heterocycles. The van der Waals surface area contributed by atoms with Gasteiger partial charge in [-0.05, 0) is 85.3 Å². The van der Waals surface area contributed by atoms with E-state index in [1.807, 2.05) is 0 Å². The van der Waals surface area contributed by atoms with Gasteiger partial charge in [0.05, 0.1) is 6.61 Å². The van der Waals surface area contributed by atoms with Crippen molar-refractivity contribution in [2.24, 2.45) is 0 Å².